The molecule has 0 aliphatic rings. The lowest BCUT2D eigenvalue weighted by atomic mass is 10.2. The second-order valence-corrected chi connectivity index (χ2v) is 3.45. The quantitative estimate of drug-likeness (QED) is 0.728. The number of hydrogen-bond donors (Lipinski definition) is 1. The molecule has 0 aliphatic carbocycles. The number of nitrogens with zero attached hydrogens (tertiary/aromatic N) is 3. The van der Waals surface area contributed by atoms with E-state index in [0.717, 1.165) is 31.8 Å². The molecule has 0 amide bonds. The van der Waals surface area contributed by atoms with Crippen LogP contribution in [0.2, 0.25) is 0 Å². The van der Waals surface area contributed by atoms with Crippen LogP contribution in [-0.2, 0) is 12.8 Å². The van der Waals surface area contributed by atoms with E-state index in [4.69, 9.17) is 0 Å². The lowest BCUT2D eigenvalue weighted by Crippen LogP contribution is -2.20. The molecule has 0 radical (unpaired) electrons. The fraction of sp³-hybridized carbons (Fsp3) is 0.364. The summed E-state index contributed by atoms with van der Waals surface area (Å²) in [6.07, 6.45) is 6.79. The first-order chi connectivity index (χ1) is 7.95. The Hall–Kier alpha value is -1.75. The van der Waals surface area contributed by atoms with Gasteiger partial charge in [-0.3, -0.25) is 4.98 Å². The monoisotopic (exact) mass is 218 g/mol. The lowest BCUT2D eigenvalue weighted by Gasteiger charge is -2.02. The van der Waals surface area contributed by atoms with E-state index in [1.165, 1.54) is 12.0 Å². The number of nitrogens with one attached hydrogen (secondary N) is 1. The van der Waals surface area contributed by atoms with Crippen molar-refractivity contribution in [3.05, 3.63) is 42.3 Å². The molecule has 16 heavy (non-hydrogen) atoms. The third-order valence-corrected chi connectivity index (χ3v) is 2.27. The highest BCUT2D eigenvalue weighted by molar-refractivity contribution is 5.09. The van der Waals surface area contributed by atoms with Crippen molar-refractivity contribution in [3.8, 4) is 0 Å². The van der Waals surface area contributed by atoms with Crippen LogP contribution in [0, 0.1) is 0 Å². The van der Waals surface area contributed by atoms with Crippen LogP contribution < -0.4 is 5.32 Å². The molecule has 0 spiro atoms. The van der Waals surface area contributed by atoms with Gasteiger partial charge in [-0.2, -0.15) is 4.98 Å². The molecule has 0 fully saturated rings. The molecule has 2 rings (SSSR count). The standard InChI is InChI=1S/C11H14N4O/c1-5-12-6-2-10(1)3-7-13-8-4-11-14-9-16-15-11/h1-2,5-6,9,13H,3-4,7-8H2. The van der Waals surface area contributed by atoms with Gasteiger partial charge >= 0.3 is 0 Å². The van der Waals surface area contributed by atoms with Gasteiger partial charge in [0, 0.05) is 25.4 Å². The SMILES string of the molecule is c1cc(CCNCCc2ncon2)ccn1. The third kappa shape index (κ3) is 3.43. The van der Waals surface area contributed by atoms with Crippen molar-refractivity contribution in [3.63, 3.8) is 0 Å². The predicted molar refractivity (Wildman–Crippen MR) is 58.8 cm³/mol. The Balaban J connectivity index is 1.59. The molecule has 0 bridgehead atoms. The maximum atomic E-state index is 4.65. The van der Waals surface area contributed by atoms with Crippen molar-refractivity contribution < 1.29 is 4.52 Å². The minimum Gasteiger partial charge on any atom is -0.343 e. The van der Waals surface area contributed by atoms with Gasteiger partial charge in [-0.15, -0.1) is 0 Å². The number of rotatable bonds is 6. The molecule has 0 unspecified atom stereocenters. The molecule has 2 heterocycles. The average molecular weight is 218 g/mol. The van der Waals surface area contributed by atoms with Crippen LogP contribution in [0.1, 0.15) is 11.4 Å². The second-order valence-electron chi connectivity index (χ2n) is 3.45. The summed E-state index contributed by atoms with van der Waals surface area (Å²) in [4.78, 5) is 7.92. The molecule has 0 saturated heterocycles. The maximum Gasteiger partial charge on any atom is 0.213 e. The van der Waals surface area contributed by atoms with Crippen molar-refractivity contribution in [2.45, 2.75) is 12.8 Å². The first-order valence-electron chi connectivity index (χ1n) is 5.30. The number of aromatic nitrogens is 3. The molecule has 84 valence electrons. The van der Waals surface area contributed by atoms with Crippen LogP contribution in [0.5, 0.6) is 0 Å². The van der Waals surface area contributed by atoms with Crippen LogP contribution >= 0.6 is 0 Å². The van der Waals surface area contributed by atoms with Gasteiger partial charge in [0.15, 0.2) is 5.82 Å². The van der Waals surface area contributed by atoms with Crippen LogP contribution in [0.15, 0.2) is 35.4 Å². The molecule has 1 N–H and O–H groups in total. The van der Waals surface area contributed by atoms with Crippen LogP contribution in [-0.4, -0.2) is 28.2 Å². The highest BCUT2D eigenvalue weighted by Gasteiger charge is 1.97. The van der Waals surface area contributed by atoms with Crippen molar-refractivity contribution in [2.24, 2.45) is 0 Å². The molecular formula is C11H14N4O. The van der Waals surface area contributed by atoms with E-state index >= 15 is 0 Å². The first-order valence-corrected chi connectivity index (χ1v) is 5.30. The number of hydrogen-bond acceptors (Lipinski definition) is 5. The van der Waals surface area contributed by atoms with Gasteiger partial charge in [-0.1, -0.05) is 5.16 Å². The Bertz CT molecular complexity index is 388. The molecule has 0 atom stereocenters. The van der Waals surface area contributed by atoms with E-state index in [-0.39, 0.29) is 0 Å². The highest BCUT2D eigenvalue weighted by Crippen LogP contribution is 1.96. The first kappa shape index (κ1) is 10.8. The summed E-state index contributed by atoms with van der Waals surface area (Å²) in [7, 11) is 0. The Morgan fingerprint density at radius 2 is 1.94 bits per heavy atom. The van der Waals surface area contributed by atoms with E-state index in [1.54, 1.807) is 0 Å². The molecular weight excluding hydrogens is 204 g/mol. The fourth-order valence-corrected chi connectivity index (χ4v) is 1.41. The topological polar surface area (TPSA) is 63.8 Å². The van der Waals surface area contributed by atoms with Gasteiger partial charge < -0.3 is 9.84 Å². The Morgan fingerprint density at radius 1 is 1.12 bits per heavy atom. The van der Waals surface area contributed by atoms with Gasteiger partial charge in [-0.05, 0) is 30.7 Å². The van der Waals surface area contributed by atoms with Gasteiger partial charge in [0.2, 0.25) is 6.39 Å². The van der Waals surface area contributed by atoms with Crippen LogP contribution in [0.3, 0.4) is 0 Å². The molecule has 2 aromatic heterocycles. The minimum absolute atomic E-state index is 0.747. The smallest absolute Gasteiger partial charge is 0.213 e. The van der Waals surface area contributed by atoms with Crippen molar-refractivity contribution in [1.82, 2.24) is 20.4 Å². The number of pyridine rings is 1. The van der Waals surface area contributed by atoms with Gasteiger partial charge in [0.05, 0.1) is 0 Å². The van der Waals surface area contributed by atoms with E-state index in [2.05, 4.69) is 25.0 Å². The summed E-state index contributed by atoms with van der Waals surface area (Å²) in [6, 6.07) is 4.06. The Labute approximate surface area is 93.9 Å². The lowest BCUT2D eigenvalue weighted by molar-refractivity contribution is 0.409. The molecule has 0 saturated carbocycles. The molecule has 2 aromatic rings. The normalized spacial score (nSPS) is 10.5. The Morgan fingerprint density at radius 3 is 2.69 bits per heavy atom. The van der Waals surface area contributed by atoms with Crippen molar-refractivity contribution >= 4 is 0 Å². The zero-order valence-electron chi connectivity index (χ0n) is 8.97. The van der Waals surface area contributed by atoms with E-state index in [1.807, 2.05) is 24.5 Å². The largest absolute Gasteiger partial charge is 0.343 e. The molecule has 0 aromatic carbocycles. The van der Waals surface area contributed by atoms with E-state index in [0.29, 0.717) is 0 Å². The van der Waals surface area contributed by atoms with Gasteiger partial charge in [0.25, 0.3) is 0 Å². The summed E-state index contributed by atoms with van der Waals surface area (Å²) in [6.45, 7) is 1.81. The predicted octanol–water partition coefficient (Wildman–Crippen LogP) is 0.839. The zero-order valence-corrected chi connectivity index (χ0v) is 8.97. The van der Waals surface area contributed by atoms with Crippen molar-refractivity contribution in [1.29, 1.82) is 0 Å². The zero-order chi connectivity index (χ0) is 11.1. The molecule has 5 heteroatoms. The van der Waals surface area contributed by atoms with Gasteiger partial charge in [-0.25, -0.2) is 0 Å². The summed E-state index contributed by atoms with van der Waals surface area (Å²) in [5.41, 5.74) is 1.29. The highest BCUT2D eigenvalue weighted by atomic mass is 16.5. The third-order valence-electron chi connectivity index (χ3n) is 2.27. The summed E-state index contributed by atoms with van der Waals surface area (Å²) < 4.78 is 4.65. The summed E-state index contributed by atoms with van der Waals surface area (Å²) >= 11 is 0. The Kier molecular flexibility index (Phi) is 4.01. The summed E-state index contributed by atoms with van der Waals surface area (Å²) in [5.74, 6) is 0.747. The summed E-state index contributed by atoms with van der Waals surface area (Å²) in [5, 5.41) is 7.07. The fourth-order valence-electron chi connectivity index (χ4n) is 1.41. The van der Waals surface area contributed by atoms with Crippen molar-refractivity contribution in [2.75, 3.05) is 13.1 Å². The van der Waals surface area contributed by atoms with Crippen LogP contribution in [0.4, 0.5) is 0 Å². The van der Waals surface area contributed by atoms with E-state index < -0.39 is 0 Å². The van der Waals surface area contributed by atoms with Crippen LogP contribution in [0.25, 0.3) is 0 Å². The molecule has 5 nitrogen and oxygen atoms in total. The average Bonchev–Trinajstić information content (AvgIpc) is 2.83. The maximum absolute atomic E-state index is 4.65. The second kappa shape index (κ2) is 5.97. The van der Waals surface area contributed by atoms with Gasteiger partial charge in [0.1, 0.15) is 0 Å². The minimum atomic E-state index is 0.747. The van der Waals surface area contributed by atoms with E-state index in [9.17, 15) is 0 Å². The molecule has 0 aliphatic heterocycles.